The van der Waals surface area contributed by atoms with Crippen molar-refractivity contribution in [1.82, 2.24) is 20.3 Å². The minimum atomic E-state index is 0.131. The van der Waals surface area contributed by atoms with E-state index in [9.17, 15) is 0 Å². The van der Waals surface area contributed by atoms with Gasteiger partial charge in [-0.2, -0.15) is 15.0 Å². The van der Waals surface area contributed by atoms with Crippen molar-refractivity contribution in [2.45, 2.75) is 13.3 Å². The first-order chi connectivity index (χ1) is 7.22. The van der Waals surface area contributed by atoms with Crippen LogP contribution in [0.2, 0.25) is 0 Å². The Hall–Kier alpha value is -1.63. The van der Waals surface area contributed by atoms with Gasteiger partial charge in [0, 0.05) is 13.1 Å². The van der Waals surface area contributed by atoms with Crippen LogP contribution in [-0.4, -0.2) is 34.6 Å². The van der Waals surface area contributed by atoms with Crippen LogP contribution in [0.25, 0.3) is 0 Å². The van der Waals surface area contributed by atoms with Gasteiger partial charge >= 0.3 is 0 Å². The molecule has 0 aliphatic carbocycles. The number of aromatic nitrogens is 3. The largest absolute Gasteiger partial charge is 0.368 e. The van der Waals surface area contributed by atoms with Gasteiger partial charge in [0.2, 0.25) is 17.8 Å². The molecule has 0 radical (unpaired) electrons. The zero-order chi connectivity index (χ0) is 11.1. The van der Waals surface area contributed by atoms with Crippen molar-refractivity contribution in [3.63, 3.8) is 0 Å². The molecule has 1 aromatic heterocycles. The van der Waals surface area contributed by atoms with Gasteiger partial charge in [0.25, 0.3) is 0 Å². The molecule has 0 atom stereocenters. The van der Waals surface area contributed by atoms with Gasteiger partial charge in [-0.25, -0.2) is 0 Å². The third-order valence-corrected chi connectivity index (χ3v) is 1.68. The molecule has 0 saturated heterocycles. The van der Waals surface area contributed by atoms with E-state index in [1.165, 1.54) is 0 Å². The van der Waals surface area contributed by atoms with Crippen molar-refractivity contribution in [1.29, 1.82) is 0 Å². The summed E-state index contributed by atoms with van der Waals surface area (Å²) in [6, 6.07) is 0. The van der Waals surface area contributed by atoms with Crippen molar-refractivity contribution in [3.8, 4) is 0 Å². The molecule has 7 heteroatoms. The van der Waals surface area contributed by atoms with E-state index in [0.29, 0.717) is 5.95 Å². The maximum Gasteiger partial charge on any atom is 0.229 e. The summed E-state index contributed by atoms with van der Waals surface area (Å²) < 4.78 is 0. The quantitative estimate of drug-likeness (QED) is 0.466. The van der Waals surface area contributed by atoms with Crippen molar-refractivity contribution in [2.24, 2.45) is 0 Å². The molecule has 7 nitrogen and oxygen atoms in total. The molecule has 6 N–H and O–H groups in total. The van der Waals surface area contributed by atoms with E-state index in [1.54, 1.807) is 0 Å². The van der Waals surface area contributed by atoms with Gasteiger partial charge < -0.3 is 22.1 Å². The van der Waals surface area contributed by atoms with E-state index in [1.807, 2.05) is 0 Å². The number of nitrogens with two attached hydrogens (primary N) is 2. The van der Waals surface area contributed by atoms with Crippen LogP contribution in [0.5, 0.6) is 0 Å². The lowest BCUT2D eigenvalue weighted by atomic mass is 10.5. The average molecular weight is 211 g/mol. The summed E-state index contributed by atoms with van der Waals surface area (Å²) in [4.78, 5) is 11.4. The lowest BCUT2D eigenvalue weighted by molar-refractivity contribution is 0.686. The molecule has 0 unspecified atom stereocenters. The standard InChI is InChI=1S/C8H17N7/c1-2-3-11-4-5-12-8-14-6(9)13-7(10)15-8/h11H,2-5H2,1H3,(H5,9,10,12,13,14,15). The summed E-state index contributed by atoms with van der Waals surface area (Å²) in [5, 5.41) is 6.24. The molecule has 1 heterocycles. The summed E-state index contributed by atoms with van der Waals surface area (Å²) >= 11 is 0. The van der Waals surface area contributed by atoms with Crippen molar-refractivity contribution in [3.05, 3.63) is 0 Å². The molecule has 1 aromatic rings. The fourth-order valence-corrected chi connectivity index (χ4v) is 1.05. The van der Waals surface area contributed by atoms with Crippen LogP contribution in [-0.2, 0) is 0 Å². The highest BCUT2D eigenvalue weighted by atomic mass is 15.2. The number of hydrogen-bond donors (Lipinski definition) is 4. The van der Waals surface area contributed by atoms with Crippen molar-refractivity contribution < 1.29 is 0 Å². The summed E-state index contributed by atoms with van der Waals surface area (Å²) in [7, 11) is 0. The summed E-state index contributed by atoms with van der Waals surface area (Å²) in [5.41, 5.74) is 10.8. The van der Waals surface area contributed by atoms with E-state index in [0.717, 1.165) is 26.1 Å². The lowest BCUT2D eigenvalue weighted by Crippen LogP contribution is -2.23. The second kappa shape index (κ2) is 5.97. The molecule has 15 heavy (non-hydrogen) atoms. The molecule has 84 valence electrons. The molecule has 0 amide bonds. The van der Waals surface area contributed by atoms with Crippen LogP contribution in [0.4, 0.5) is 17.8 Å². The van der Waals surface area contributed by atoms with Gasteiger partial charge in [0.15, 0.2) is 0 Å². The van der Waals surface area contributed by atoms with Crippen LogP contribution < -0.4 is 22.1 Å². The molecular weight excluding hydrogens is 194 g/mol. The molecular formula is C8H17N7. The SMILES string of the molecule is CCCNCCNc1nc(N)nc(N)n1. The maximum absolute atomic E-state index is 5.41. The second-order valence-corrected chi connectivity index (χ2v) is 3.05. The van der Waals surface area contributed by atoms with Crippen molar-refractivity contribution >= 4 is 17.8 Å². The minimum Gasteiger partial charge on any atom is -0.368 e. The molecule has 1 rings (SSSR count). The smallest absolute Gasteiger partial charge is 0.229 e. The van der Waals surface area contributed by atoms with Gasteiger partial charge in [-0.3, -0.25) is 0 Å². The topological polar surface area (TPSA) is 115 Å². The fraction of sp³-hybridized carbons (Fsp3) is 0.625. The van der Waals surface area contributed by atoms with Gasteiger partial charge in [0.05, 0.1) is 0 Å². The summed E-state index contributed by atoms with van der Waals surface area (Å²) in [6.45, 7) is 4.69. The van der Waals surface area contributed by atoms with Crippen LogP contribution >= 0.6 is 0 Å². The number of hydrogen-bond acceptors (Lipinski definition) is 7. The van der Waals surface area contributed by atoms with E-state index in [2.05, 4.69) is 32.5 Å². The Morgan fingerprint density at radius 3 is 2.27 bits per heavy atom. The van der Waals surface area contributed by atoms with E-state index in [-0.39, 0.29) is 11.9 Å². The molecule has 0 spiro atoms. The molecule has 0 fully saturated rings. The number of nitrogens with one attached hydrogen (secondary N) is 2. The molecule has 0 saturated carbocycles. The van der Waals surface area contributed by atoms with Crippen LogP contribution in [0, 0.1) is 0 Å². The van der Waals surface area contributed by atoms with Gasteiger partial charge in [-0.1, -0.05) is 6.92 Å². The molecule has 0 aliphatic rings. The van der Waals surface area contributed by atoms with Crippen molar-refractivity contribution in [2.75, 3.05) is 36.4 Å². The number of nitrogens with zero attached hydrogens (tertiary/aromatic N) is 3. The first-order valence-corrected chi connectivity index (χ1v) is 4.94. The fourth-order valence-electron chi connectivity index (χ4n) is 1.05. The predicted octanol–water partition coefficient (Wildman–Crippen LogP) is -0.552. The molecule has 0 aliphatic heterocycles. The highest BCUT2D eigenvalue weighted by Crippen LogP contribution is 2.02. The zero-order valence-corrected chi connectivity index (χ0v) is 8.82. The number of nitrogen functional groups attached to an aromatic ring is 2. The average Bonchev–Trinajstić information content (AvgIpc) is 2.16. The highest BCUT2D eigenvalue weighted by molar-refractivity contribution is 5.36. The summed E-state index contributed by atoms with van der Waals surface area (Å²) in [5.74, 6) is 0.677. The second-order valence-electron chi connectivity index (χ2n) is 3.05. The Morgan fingerprint density at radius 2 is 1.67 bits per heavy atom. The normalized spacial score (nSPS) is 10.2. The summed E-state index contributed by atoms with van der Waals surface area (Å²) in [6.07, 6.45) is 1.12. The van der Waals surface area contributed by atoms with Gasteiger partial charge in [-0.15, -0.1) is 0 Å². The lowest BCUT2D eigenvalue weighted by Gasteiger charge is -2.06. The first kappa shape index (κ1) is 11.4. The number of anilines is 3. The Kier molecular flexibility index (Phi) is 4.55. The Balaban J connectivity index is 2.31. The van der Waals surface area contributed by atoms with E-state index >= 15 is 0 Å². The Labute approximate surface area is 88.7 Å². The minimum absolute atomic E-state index is 0.131. The third kappa shape index (κ3) is 4.41. The van der Waals surface area contributed by atoms with E-state index in [4.69, 9.17) is 11.5 Å². The van der Waals surface area contributed by atoms with Crippen LogP contribution in [0.3, 0.4) is 0 Å². The predicted molar refractivity (Wildman–Crippen MR) is 60.3 cm³/mol. The first-order valence-electron chi connectivity index (χ1n) is 4.94. The molecule has 0 bridgehead atoms. The monoisotopic (exact) mass is 211 g/mol. The Bertz CT molecular complexity index is 281. The zero-order valence-electron chi connectivity index (χ0n) is 8.82. The third-order valence-electron chi connectivity index (χ3n) is 1.68. The van der Waals surface area contributed by atoms with Crippen LogP contribution in [0.1, 0.15) is 13.3 Å². The van der Waals surface area contributed by atoms with E-state index < -0.39 is 0 Å². The Morgan fingerprint density at radius 1 is 1.00 bits per heavy atom. The molecule has 0 aromatic carbocycles. The number of rotatable bonds is 6. The highest BCUT2D eigenvalue weighted by Gasteiger charge is 1.99. The van der Waals surface area contributed by atoms with Gasteiger partial charge in [-0.05, 0) is 13.0 Å². The maximum atomic E-state index is 5.41. The van der Waals surface area contributed by atoms with Crippen LogP contribution in [0.15, 0.2) is 0 Å². The van der Waals surface area contributed by atoms with Gasteiger partial charge in [0.1, 0.15) is 0 Å².